The number of carbonyl (C=O) groups excluding carboxylic acids is 1. The van der Waals surface area contributed by atoms with Crippen molar-refractivity contribution in [3.05, 3.63) is 133 Å². The largest absolute Gasteiger partial charge is 0.534 e. The molecule has 1 aliphatic rings. The van der Waals surface area contributed by atoms with Gasteiger partial charge in [-0.1, -0.05) is 0 Å². The topological polar surface area (TPSA) is 200 Å². The zero-order valence-electron chi connectivity index (χ0n) is 39.5. The Morgan fingerprint density at radius 3 is 1.61 bits per heavy atom. The van der Waals surface area contributed by atoms with E-state index in [4.69, 9.17) is 14.0 Å². The van der Waals surface area contributed by atoms with Gasteiger partial charge in [0.25, 0.3) is 0 Å². The number of aromatic hydroxyl groups is 1. The molecule has 71 heavy (non-hydrogen) atoms. The molecule has 7 heterocycles. The maximum atomic E-state index is 12.4. The fraction of sp³-hybridized carbons (Fsp3) is 0.229. The second-order valence-corrected chi connectivity index (χ2v) is 19.6. The van der Waals surface area contributed by atoms with E-state index in [2.05, 4.69) is 50.4 Å². The summed E-state index contributed by atoms with van der Waals surface area (Å²) in [6.07, 6.45) is 15.9. The number of hydrogen-bond donors (Lipinski definition) is 1. The van der Waals surface area contributed by atoms with Gasteiger partial charge in [0.15, 0.2) is 0 Å². The first-order valence-corrected chi connectivity index (χ1v) is 23.6. The summed E-state index contributed by atoms with van der Waals surface area (Å²) in [7, 11) is -0.510. The number of esters is 1. The first-order chi connectivity index (χ1) is 33.3. The van der Waals surface area contributed by atoms with Crippen molar-refractivity contribution < 1.29 is 49.7 Å². The predicted molar refractivity (Wildman–Crippen MR) is 265 cm³/mol. The highest BCUT2D eigenvalue weighted by Crippen LogP contribution is 2.36. The van der Waals surface area contributed by atoms with Gasteiger partial charge in [-0.05, 0) is 116 Å². The van der Waals surface area contributed by atoms with Gasteiger partial charge in [-0.2, -0.15) is 36.9 Å². The summed E-state index contributed by atoms with van der Waals surface area (Å²) in [5, 5.41) is 24.0. The molecule has 0 amide bonds. The Kier molecular flexibility index (Phi) is 15.0. The van der Waals surface area contributed by atoms with E-state index in [0.717, 1.165) is 54.5 Å². The number of nitrogens with zero attached hydrogens (tertiary/aromatic N) is 9. The summed E-state index contributed by atoms with van der Waals surface area (Å²) in [5.41, 5.74) is 0.604. The van der Waals surface area contributed by atoms with E-state index in [1.54, 1.807) is 94.7 Å². The van der Waals surface area contributed by atoms with Crippen molar-refractivity contribution in [1.82, 2.24) is 44.3 Å². The van der Waals surface area contributed by atoms with E-state index in [-0.39, 0.29) is 30.0 Å². The molecule has 0 bridgehead atoms. The molecule has 368 valence electrons. The van der Waals surface area contributed by atoms with Crippen LogP contribution in [0.5, 0.6) is 17.2 Å². The number of aromatic nitrogens is 9. The monoisotopic (exact) mass is 1060 g/mol. The maximum absolute atomic E-state index is 12.4. The number of alkyl halides is 3. The van der Waals surface area contributed by atoms with E-state index >= 15 is 0 Å². The minimum atomic E-state index is -5.71. The van der Waals surface area contributed by atoms with Gasteiger partial charge in [0, 0.05) is 120 Å². The van der Waals surface area contributed by atoms with Crippen molar-refractivity contribution >= 4 is 77.3 Å². The van der Waals surface area contributed by atoms with Crippen LogP contribution in [-0.4, -0.2) is 87.6 Å². The van der Waals surface area contributed by atoms with Gasteiger partial charge in [0.1, 0.15) is 17.2 Å². The lowest BCUT2D eigenvalue weighted by molar-refractivity contribution is -0.131. The van der Waals surface area contributed by atoms with Crippen LogP contribution in [0.4, 0.5) is 13.2 Å². The van der Waals surface area contributed by atoms with E-state index < -0.39 is 21.4 Å². The van der Waals surface area contributed by atoms with E-state index in [9.17, 15) is 31.5 Å². The van der Waals surface area contributed by atoms with Crippen LogP contribution in [0.15, 0.2) is 133 Å². The molecule has 6 aromatic heterocycles. The molecule has 0 unspecified atom stereocenters. The Balaban J connectivity index is 0.000000142. The summed E-state index contributed by atoms with van der Waals surface area (Å²) >= 11 is 3.34. The normalized spacial score (nSPS) is 13.9. The molecule has 17 nitrogen and oxygen atoms in total. The highest BCUT2D eigenvalue weighted by Gasteiger charge is 2.52. The van der Waals surface area contributed by atoms with Crippen molar-refractivity contribution in [1.29, 1.82) is 0 Å². The number of carbonyl (C=O) groups is 1. The summed E-state index contributed by atoms with van der Waals surface area (Å²) in [5.74, 6) is 0.0276. The summed E-state index contributed by atoms with van der Waals surface area (Å²) in [6, 6.07) is 19.7. The van der Waals surface area contributed by atoms with Crippen LogP contribution in [-0.2, 0) is 45.4 Å². The number of rotatable bonds is 6. The van der Waals surface area contributed by atoms with Crippen molar-refractivity contribution in [3.63, 3.8) is 0 Å². The van der Waals surface area contributed by atoms with Crippen LogP contribution < -0.4 is 14.4 Å². The van der Waals surface area contributed by atoms with Crippen LogP contribution in [0.2, 0.25) is 0 Å². The quantitative estimate of drug-likeness (QED) is 0.0544. The first kappa shape index (κ1) is 51.6. The van der Waals surface area contributed by atoms with Gasteiger partial charge < -0.3 is 23.3 Å². The fourth-order valence-corrected chi connectivity index (χ4v) is 7.56. The molecule has 0 saturated carbocycles. The van der Waals surface area contributed by atoms with Crippen LogP contribution in [0.3, 0.4) is 0 Å². The standard InChI is InChI=1S/C14H10F3N3O3S.C13H11N3O.C11H8BrNO2.C10H17BN2O2/c1-20-8-11(7-19-20)10-4-9-5-12(2-3-13(9)18-6-10)23-24(21,22)14(15,16)17;1-16-8-11(7-15-16)10-4-9-5-12(17)2-3-13(9)14-6-10;1-7(14)15-10-2-3-11-8(5-10)4-9(12)6-13-11;1-9(2)10(3,4)15-11(14-9)8-6-12-13(5)7-8/h2-8H,1H3;2-8,17H,1H3;2-6H,1H3;6-7H,1-5H3. The molecule has 3 aromatic carbocycles. The Morgan fingerprint density at radius 2 is 1.11 bits per heavy atom. The average molecular weight is 1060 g/mol. The number of ether oxygens (including phenoxy) is 1. The van der Waals surface area contributed by atoms with Gasteiger partial charge in [0.2, 0.25) is 0 Å². The number of halogens is 4. The molecule has 1 aliphatic heterocycles. The molecular weight excluding hydrogens is 1010 g/mol. The SMILES string of the molecule is CC(=O)Oc1ccc2ncc(Br)cc2c1.Cn1cc(-c2cnc3ccc(O)cc3c2)cn1.Cn1cc(-c2cnc3ccc(OS(=O)(=O)C(F)(F)F)cc3c2)cn1.Cn1cc(B2OC(C)(C)C(C)(C)O2)cn1. The first-order valence-electron chi connectivity index (χ1n) is 21.4. The molecule has 0 atom stereocenters. The van der Waals surface area contributed by atoms with Crippen molar-refractivity contribution in [2.45, 2.75) is 51.3 Å². The van der Waals surface area contributed by atoms with E-state index in [0.29, 0.717) is 22.2 Å². The van der Waals surface area contributed by atoms with Crippen molar-refractivity contribution in [3.8, 4) is 39.5 Å². The lowest BCUT2D eigenvalue weighted by atomic mass is 9.82. The Bertz CT molecular complexity index is 3480. The van der Waals surface area contributed by atoms with Gasteiger partial charge in [-0.3, -0.25) is 33.8 Å². The highest BCUT2D eigenvalue weighted by atomic mass is 79.9. The highest BCUT2D eigenvalue weighted by molar-refractivity contribution is 9.10. The minimum Gasteiger partial charge on any atom is -0.508 e. The third-order valence-electron chi connectivity index (χ3n) is 11.0. The summed E-state index contributed by atoms with van der Waals surface area (Å²) in [4.78, 5) is 23.5. The Morgan fingerprint density at radius 1 is 0.648 bits per heavy atom. The number of phenols is 1. The van der Waals surface area contributed by atoms with E-state index in [1.165, 1.54) is 19.1 Å². The second-order valence-electron chi connectivity index (χ2n) is 17.1. The molecule has 1 N–H and O–H groups in total. The number of phenolic OH excluding ortho intramolecular Hbond substituents is 1. The van der Waals surface area contributed by atoms with Crippen molar-refractivity contribution in [2.24, 2.45) is 21.1 Å². The lowest BCUT2D eigenvalue weighted by Gasteiger charge is -2.32. The number of pyridine rings is 3. The number of benzene rings is 3. The smallest absolute Gasteiger partial charge is 0.508 e. The predicted octanol–water partition coefficient (Wildman–Crippen LogP) is 8.85. The zero-order chi connectivity index (χ0) is 51.5. The molecule has 0 spiro atoms. The Labute approximate surface area is 414 Å². The number of fused-ring (bicyclic) bond motifs is 3. The van der Waals surface area contributed by atoms with Gasteiger partial charge >= 0.3 is 28.7 Å². The third kappa shape index (κ3) is 12.8. The van der Waals surface area contributed by atoms with E-state index in [1.807, 2.05) is 78.6 Å². The minimum absolute atomic E-state index is 0.252. The third-order valence-corrected chi connectivity index (χ3v) is 12.4. The molecule has 1 saturated heterocycles. The lowest BCUT2D eigenvalue weighted by Crippen LogP contribution is -2.41. The van der Waals surface area contributed by atoms with Crippen molar-refractivity contribution in [2.75, 3.05) is 0 Å². The van der Waals surface area contributed by atoms with Gasteiger partial charge in [-0.15, -0.1) is 0 Å². The van der Waals surface area contributed by atoms with Crippen LogP contribution in [0, 0.1) is 0 Å². The summed E-state index contributed by atoms with van der Waals surface area (Å²) in [6.45, 7) is 9.56. The molecule has 10 rings (SSSR count). The molecular formula is C48H46BBrF3N9O8S. The number of aryl methyl sites for hydroxylation is 3. The molecule has 1 fully saturated rings. The van der Waals surface area contributed by atoms with Gasteiger partial charge in [-0.25, -0.2) is 0 Å². The summed E-state index contributed by atoms with van der Waals surface area (Å²) < 4.78 is 86.2. The molecule has 9 aromatic rings. The van der Waals surface area contributed by atoms with Crippen LogP contribution >= 0.6 is 15.9 Å². The molecule has 0 radical (unpaired) electrons. The van der Waals surface area contributed by atoms with Crippen LogP contribution in [0.25, 0.3) is 55.0 Å². The molecule has 0 aliphatic carbocycles. The average Bonchev–Trinajstić information content (AvgIpc) is 4.09. The number of hydrogen-bond acceptors (Lipinski definition) is 14. The molecule has 23 heteroatoms. The Hall–Kier alpha value is -7.21. The fourth-order valence-electron chi connectivity index (χ4n) is 6.76. The van der Waals surface area contributed by atoms with Crippen LogP contribution in [0.1, 0.15) is 34.6 Å². The zero-order valence-corrected chi connectivity index (χ0v) is 41.9. The van der Waals surface area contributed by atoms with Gasteiger partial charge in [0.05, 0.1) is 40.1 Å². The maximum Gasteiger partial charge on any atom is 0.534 e. The second kappa shape index (κ2) is 20.6.